The Kier molecular flexibility index (Phi) is 6.06. The fourth-order valence-electron chi connectivity index (χ4n) is 5.11. The van der Waals surface area contributed by atoms with Crippen LogP contribution in [0.5, 0.6) is 0 Å². The molecule has 174 valence electrons. The van der Waals surface area contributed by atoms with E-state index in [4.69, 9.17) is 18.9 Å². The van der Waals surface area contributed by atoms with Gasteiger partial charge in [0.1, 0.15) is 16.8 Å². The van der Waals surface area contributed by atoms with Gasteiger partial charge in [0.15, 0.2) is 0 Å². The summed E-state index contributed by atoms with van der Waals surface area (Å²) in [5.41, 5.74) is -0.100. The Balaban J connectivity index is 1.92. The Morgan fingerprint density at radius 2 is 1.45 bits per heavy atom. The Morgan fingerprint density at radius 3 is 1.97 bits per heavy atom. The average molecular weight is 451 g/mol. The molecule has 2 aliphatic heterocycles. The minimum atomic E-state index is -1.36. The second-order valence-electron chi connectivity index (χ2n) is 8.62. The molecule has 2 heterocycles. The van der Waals surface area contributed by atoms with Crippen molar-refractivity contribution in [3.63, 3.8) is 0 Å². The van der Waals surface area contributed by atoms with Gasteiger partial charge in [-0.05, 0) is 31.9 Å². The predicted octanol–water partition coefficient (Wildman–Crippen LogP) is 4.87. The van der Waals surface area contributed by atoms with Crippen molar-refractivity contribution in [1.29, 1.82) is 0 Å². The van der Waals surface area contributed by atoms with Gasteiger partial charge in [-0.15, -0.1) is 0 Å². The smallest absolute Gasteiger partial charge is 0.337 e. The van der Waals surface area contributed by atoms with E-state index in [2.05, 4.69) is 0 Å². The molecule has 0 aliphatic carbocycles. The summed E-state index contributed by atoms with van der Waals surface area (Å²) in [7, 11) is 0. The fourth-order valence-corrected chi connectivity index (χ4v) is 5.11. The minimum absolute atomic E-state index is 0.106. The van der Waals surface area contributed by atoms with Crippen LogP contribution in [0.4, 0.5) is 0 Å². The van der Waals surface area contributed by atoms with Crippen molar-refractivity contribution >= 4 is 11.9 Å². The first-order chi connectivity index (χ1) is 15.8. The zero-order valence-corrected chi connectivity index (χ0v) is 19.6. The summed E-state index contributed by atoms with van der Waals surface area (Å²) in [4.78, 5) is 26.4. The van der Waals surface area contributed by atoms with Crippen molar-refractivity contribution < 1.29 is 28.5 Å². The van der Waals surface area contributed by atoms with Crippen molar-refractivity contribution in [3.05, 3.63) is 83.1 Å². The van der Waals surface area contributed by atoms with Crippen LogP contribution in [0, 0.1) is 5.41 Å². The largest absolute Gasteiger partial charge is 0.465 e. The molecule has 0 bridgehead atoms. The van der Waals surface area contributed by atoms with E-state index in [1.807, 2.05) is 60.7 Å². The van der Waals surface area contributed by atoms with Crippen molar-refractivity contribution in [1.82, 2.24) is 0 Å². The first kappa shape index (κ1) is 23.1. The molecule has 6 heteroatoms. The SMILES string of the molecule is CCOC(=O)C1=C(C)OC2(C)OC(c3ccccc3)(c3ccccc3)CC2(C(=O)OCC)C1. The summed E-state index contributed by atoms with van der Waals surface area (Å²) in [5, 5.41) is 0. The van der Waals surface area contributed by atoms with E-state index >= 15 is 0 Å². The third-order valence-electron chi connectivity index (χ3n) is 6.71. The Bertz CT molecular complexity index is 1020. The van der Waals surface area contributed by atoms with Gasteiger partial charge in [-0.2, -0.15) is 0 Å². The lowest BCUT2D eigenvalue weighted by atomic mass is 9.67. The number of benzene rings is 2. The average Bonchev–Trinajstić information content (AvgIpc) is 3.10. The van der Waals surface area contributed by atoms with Gasteiger partial charge in [0.25, 0.3) is 0 Å². The zero-order chi connectivity index (χ0) is 23.7. The maximum Gasteiger partial charge on any atom is 0.337 e. The normalized spacial score (nSPS) is 25.7. The lowest BCUT2D eigenvalue weighted by molar-refractivity contribution is -0.262. The number of allylic oxidation sites excluding steroid dienone is 1. The molecule has 0 saturated carbocycles. The maximum absolute atomic E-state index is 13.6. The predicted molar refractivity (Wildman–Crippen MR) is 122 cm³/mol. The van der Waals surface area contributed by atoms with Crippen molar-refractivity contribution in [3.8, 4) is 0 Å². The summed E-state index contributed by atoms with van der Waals surface area (Å²) in [6.45, 7) is 7.42. The molecular formula is C27H30O6. The van der Waals surface area contributed by atoms with Gasteiger partial charge in [0, 0.05) is 19.8 Å². The molecule has 0 N–H and O–H groups in total. The highest BCUT2D eigenvalue weighted by Crippen LogP contribution is 2.63. The quantitative estimate of drug-likeness (QED) is 0.585. The Hall–Kier alpha value is -3.12. The van der Waals surface area contributed by atoms with E-state index < -0.39 is 28.7 Å². The van der Waals surface area contributed by atoms with Crippen LogP contribution < -0.4 is 0 Å². The lowest BCUT2D eigenvalue weighted by Crippen LogP contribution is -2.53. The van der Waals surface area contributed by atoms with Gasteiger partial charge in [0.05, 0.1) is 18.8 Å². The third-order valence-corrected chi connectivity index (χ3v) is 6.71. The van der Waals surface area contributed by atoms with Crippen LogP contribution >= 0.6 is 0 Å². The summed E-state index contributed by atoms with van der Waals surface area (Å²) in [5.74, 6) is -1.90. The number of esters is 2. The van der Waals surface area contributed by atoms with Crippen LogP contribution in [0.1, 0.15) is 51.7 Å². The molecule has 0 aromatic heterocycles. The van der Waals surface area contributed by atoms with Gasteiger partial charge in [-0.1, -0.05) is 60.7 Å². The molecule has 1 saturated heterocycles. The second-order valence-corrected chi connectivity index (χ2v) is 8.62. The summed E-state index contributed by atoms with van der Waals surface area (Å²) < 4.78 is 24.0. The zero-order valence-electron chi connectivity index (χ0n) is 19.6. The van der Waals surface area contributed by atoms with Crippen LogP contribution in [-0.4, -0.2) is 30.9 Å². The highest BCUT2D eigenvalue weighted by atomic mass is 16.7. The molecule has 0 amide bonds. The highest BCUT2D eigenvalue weighted by molar-refractivity contribution is 5.92. The molecule has 2 atom stereocenters. The number of rotatable bonds is 6. The molecule has 2 aromatic carbocycles. The van der Waals surface area contributed by atoms with E-state index in [0.717, 1.165) is 11.1 Å². The van der Waals surface area contributed by atoms with Crippen LogP contribution in [0.25, 0.3) is 0 Å². The van der Waals surface area contributed by atoms with E-state index in [1.54, 1.807) is 27.7 Å². The molecule has 4 rings (SSSR count). The van der Waals surface area contributed by atoms with Crippen LogP contribution in [-0.2, 0) is 34.1 Å². The fraction of sp³-hybridized carbons (Fsp3) is 0.407. The van der Waals surface area contributed by atoms with Gasteiger partial charge in [0.2, 0.25) is 5.79 Å². The van der Waals surface area contributed by atoms with Gasteiger partial charge < -0.3 is 18.9 Å². The first-order valence-corrected chi connectivity index (χ1v) is 11.4. The Labute approximate surface area is 194 Å². The molecule has 6 nitrogen and oxygen atoms in total. The van der Waals surface area contributed by atoms with Gasteiger partial charge in [-0.25, -0.2) is 4.79 Å². The number of hydrogen-bond donors (Lipinski definition) is 0. The van der Waals surface area contributed by atoms with E-state index in [9.17, 15) is 9.59 Å². The highest BCUT2D eigenvalue weighted by Gasteiger charge is 2.72. The van der Waals surface area contributed by atoms with E-state index in [-0.39, 0.29) is 26.1 Å². The van der Waals surface area contributed by atoms with Crippen molar-refractivity contribution in [2.75, 3.05) is 13.2 Å². The molecule has 0 radical (unpaired) electrons. The molecule has 0 spiro atoms. The van der Waals surface area contributed by atoms with E-state index in [0.29, 0.717) is 11.3 Å². The minimum Gasteiger partial charge on any atom is -0.465 e. The molecule has 1 fully saturated rings. The number of carbonyl (C=O) groups excluding carboxylic acids is 2. The van der Waals surface area contributed by atoms with Crippen LogP contribution in [0.2, 0.25) is 0 Å². The standard InChI is InChI=1S/C27H30O6/c1-5-30-23(28)22-17-26(24(29)31-6-2)18-27(20-13-9-7-10-14-20,21-15-11-8-12-16-21)33-25(26,4)32-19(22)3/h7-16H,5-6,17-18H2,1-4H3. The Morgan fingerprint density at radius 1 is 0.909 bits per heavy atom. The molecular weight excluding hydrogens is 420 g/mol. The molecule has 2 aromatic rings. The maximum atomic E-state index is 13.6. The summed E-state index contributed by atoms with van der Waals surface area (Å²) in [6, 6.07) is 19.6. The number of ether oxygens (including phenoxy) is 4. The van der Waals surface area contributed by atoms with Gasteiger partial charge >= 0.3 is 11.9 Å². The first-order valence-electron chi connectivity index (χ1n) is 11.4. The lowest BCUT2D eigenvalue weighted by Gasteiger charge is -2.43. The number of hydrogen-bond acceptors (Lipinski definition) is 6. The number of fused-ring (bicyclic) bond motifs is 1. The van der Waals surface area contributed by atoms with E-state index in [1.165, 1.54) is 0 Å². The van der Waals surface area contributed by atoms with Crippen molar-refractivity contribution in [2.24, 2.45) is 5.41 Å². The van der Waals surface area contributed by atoms with Gasteiger partial charge in [-0.3, -0.25) is 4.79 Å². The number of carbonyl (C=O) groups is 2. The third kappa shape index (κ3) is 3.62. The second kappa shape index (κ2) is 8.67. The molecule has 33 heavy (non-hydrogen) atoms. The molecule has 2 aliphatic rings. The monoisotopic (exact) mass is 450 g/mol. The topological polar surface area (TPSA) is 71.1 Å². The van der Waals surface area contributed by atoms with Crippen LogP contribution in [0.3, 0.4) is 0 Å². The summed E-state index contributed by atoms with van der Waals surface area (Å²) in [6.07, 6.45) is 0.355. The molecule has 2 unspecified atom stereocenters. The summed E-state index contributed by atoms with van der Waals surface area (Å²) >= 11 is 0. The van der Waals surface area contributed by atoms with Crippen molar-refractivity contribution in [2.45, 2.75) is 51.9 Å². The van der Waals surface area contributed by atoms with Crippen LogP contribution in [0.15, 0.2) is 72.0 Å².